The number of amides is 4. The van der Waals surface area contributed by atoms with E-state index in [4.69, 9.17) is 5.73 Å². The molecule has 0 spiro atoms. The van der Waals surface area contributed by atoms with Crippen molar-refractivity contribution in [3.05, 3.63) is 66.2 Å². The molecule has 2 aliphatic rings. The molecule has 0 bridgehead atoms. The number of nitrogens with one attached hydrogen (secondary N) is 4. The molecule has 244 valence electrons. The first-order valence-electron chi connectivity index (χ1n) is 16.0. The number of nitrogens with two attached hydrogens (primary N) is 1. The first-order valence-corrected chi connectivity index (χ1v) is 16.9. The van der Waals surface area contributed by atoms with Crippen LogP contribution in [-0.4, -0.2) is 83.1 Å². The number of carbonyl (C=O) groups excluding carboxylic acids is 4. The molecule has 2 aliphatic heterocycles. The van der Waals surface area contributed by atoms with E-state index in [1.165, 1.54) is 11.8 Å². The zero-order valence-corrected chi connectivity index (χ0v) is 27.4. The van der Waals surface area contributed by atoms with Crippen LogP contribution >= 0.6 is 11.8 Å². The third-order valence-electron chi connectivity index (χ3n) is 8.10. The Bertz CT molecular complexity index is 1290. The first kappa shape index (κ1) is 34.5. The van der Waals surface area contributed by atoms with E-state index in [2.05, 4.69) is 21.3 Å². The van der Waals surface area contributed by atoms with Crippen molar-refractivity contribution in [3.63, 3.8) is 0 Å². The van der Waals surface area contributed by atoms with Crippen molar-refractivity contribution in [2.45, 2.75) is 99.9 Å². The van der Waals surface area contributed by atoms with Crippen LogP contribution in [0.5, 0.6) is 0 Å². The predicted molar refractivity (Wildman–Crippen MR) is 177 cm³/mol. The Labute approximate surface area is 271 Å². The normalized spacial score (nSPS) is 24.8. The molecule has 0 aliphatic carbocycles. The predicted octanol–water partition coefficient (Wildman–Crippen LogP) is 2.37. The van der Waals surface area contributed by atoms with Crippen molar-refractivity contribution in [1.82, 2.24) is 26.2 Å². The molecule has 4 rings (SSSR count). The van der Waals surface area contributed by atoms with E-state index < -0.39 is 41.7 Å². The highest BCUT2D eigenvalue weighted by Gasteiger charge is 2.45. The molecule has 0 unspecified atom stereocenters. The first-order chi connectivity index (χ1) is 21.6. The third kappa shape index (κ3) is 10.0. The van der Waals surface area contributed by atoms with Gasteiger partial charge < -0.3 is 27.0 Å². The second-order valence-electron chi connectivity index (χ2n) is 12.9. The molecule has 0 aromatic heterocycles. The van der Waals surface area contributed by atoms with E-state index in [9.17, 15) is 19.2 Å². The quantitative estimate of drug-likeness (QED) is 0.199. The number of unbranched alkanes of at least 4 members (excludes halogenated alkanes) is 1. The highest BCUT2D eigenvalue weighted by atomic mass is 32.2. The van der Waals surface area contributed by atoms with Crippen LogP contribution in [0.25, 0.3) is 0 Å². The molecule has 2 fully saturated rings. The fourth-order valence-electron chi connectivity index (χ4n) is 5.97. The number of benzene rings is 2. The zero-order chi connectivity index (χ0) is 32.4. The topological polar surface area (TPSA) is 146 Å². The van der Waals surface area contributed by atoms with Crippen LogP contribution in [0.3, 0.4) is 0 Å². The van der Waals surface area contributed by atoms with Gasteiger partial charge in [0.05, 0.1) is 12.1 Å². The summed E-state index contributed by atoms with van der Waals surface area (Å²) in [7, 11) is 0. The summed E-state index contributed by atoms with van der Waals surface area (Å²) in [6.45, 7) is 6.72. The molecule has 45 heavy (non-hydrogen) atoms. The largest absolute Gasteiger partial charge is 0.350 e. The Balaban J connectivity index is 1.73. The number of nitrogens with zero attached hydrogens (tertiary/aromatic N) is 1. The summed E-state index contributed by atoms with van der Waals surface area (Å²) in [5.74, 6) is -0.916. The zero-order valence-electron chi connectivity index (χ0n) is 26.6. The Morgan fingerprint density at radius 3 is 2.22 bits per heavy atom. The van der Waals surface area contributed by atoms with Crippen LogP contribution in [0.2, 0.25) is 0 Å². The van der Waals surface area contributed by atoms with Gasteiger partial charge in [-0.2, -0.15) is 0 Å². The fraction of sp³-hybridized carbons (Fsp3) is 0.529. The Morgan fingerprint density at radius 1 is 0.911 bits per heavy atom. The Hall–Kier alpha value is -3.41. The van der Waals surface area contributed by atoms with Crippen molar-refractivity contribution < 1.29 is 19.2 Å². The summed E-state index contributed by atoms with van der Waals surface area (Å²) in [6, 6.07) is 15.5. The fourth-order valence-corrected chi connectivity index (χ4v) is 6.96. The number of thioether (sulfide) groups is 1. The minimum Gasteiger partial charge on any atom is -0.350 e. The lowest BCUT2D eigenvalue weighted by atomic mass is 9.99. The van der Waals surface area contributed by atoms with Gasteiger partial charge in [0.1, 0.15) is 18.1 Å². The smallest absolute Gasteiger partial charge is 0.243 e. The third-order valence-corrected chi connectivity index (χ3v) is 9.23. The van der Waals surface area contributed by atoms with Crippen molar-refractivity contribution in [3.8, 4) is 0 Å². The van der Waals surface area contributed by atoms with Gasteiger partial charge >= 0.3 is 0 Å². The van der Waals surface area contributed by atoms with Gasteiger partial charge in [-0.05, 0) is 83.7 Å². The van der Waals surface area contributed by atoms with Gasteiger partial charge in [0.25, 0.3) is 0 Å². The summed E-state index contributed by atoms with van der Waals surface area (Å²) >= 11 is 1.54. The number of carbonyl (C=O) groups is 4. The van der Waals surface area contributed by atoms with Crippen LogP contribution in [-0.2, 0) is 25.6 Å². The van der Waals surface area contributed by atoms with Crippen LogP contribution in [0, 0.1) is 0 Å². The van der Waals surface area contributed by atoms with E-state index in [1.807, 2.05) is 86.3 Å². The molecule has 2 aromatic carbocycles. The molecule has 5 atom stereocenters. The minimum absolute atomic E-state index is 0.247. The van der Waals surface area contributed by atoms with Crippen molar-refractivity contribution in [2.24, 2.45) is 5.73 Å². The molecule has 2 heterocycles. The SMILES string of the molecule is CC(C)(C)NC(=O)[C@@H]1[C@H](CSc2ccccc2)NC(=O)[C@H](CCCCN)NC(=O)[C@@H](Cc2ccccc2)NC(=O)[C@@H]2CCCN12. The van der Waals surface area contributed by atoms with Gasteiger partial charge in [-0.1, -0.05) is 48.5 Å². The number of hydrogen-bond acceptors (Lipinski definition) is 7. The lowest BCUT2D eigenvalue weighted by molar-refractivity contribution is -0.138. The van der Waals surface area contributed by atoms with Crippen LogP contribution in [0.4, 0.5) is 0 Å². The number of rotatable bonds is 10. The van der Waals surface area contributed by atoms with E-state index in [0.717, 1.165) is 10.5 Å². The van der Waals surface area contributed by atoms with Gasteiger partial charge in [-0.15, -0.1) is 11.8 Å². The molecule has 2 saturated heterocycles. The maximum Gasteiger partial charge on any atom is 0.243 e. The molecule has 2 aromatic rings. The maximum atomic E-state index is 14.1. The molecule has 11 heteroatoms. The number of fused-ring (bicyclic) bond motifs is 1. The molecule has 4 amide bonds. The molecule has 0 radical (unpaired) electrons. The van der Waals surface area contributed by atoms with E-state index in [-0.39, 0.29) is 24.1 Å². The summed E-state index contributed by atoms with van der Waals surface area (Å²) in [4.78, 5) is 58.9. The number of hydrogen-bond donors (Lipinski definition) is 5. The standard InChI is InChI=1S/C34H48N6O4S/c1-34(2,3)39-33(44)29-27(22-45-24-15-8-5-9-16-24)38-30(41)25(17-10-11-19-35)36-31(42)26(21-23-13-6-4-7-14-23)37-32(43)28-18-12-20-40(28)29/h4-9,13-16,25-29H,10-12,17-22,35H2,1-3H3,(H,36,42)(H,37,43)(H,38,41)(H,39,44)/t25-,26+,27-,28-,29-/m0/s1. The van der Waals surface area contributed by atoms with Crippen LogP contribution in [0.15, 0.2) is 65.6 Å². The second kappa shape index (κ2) is 16.2. The lowest BCUT2D eigenvalue weighted by Crippen LogP contribution is -2.67. The minimum atomic E-state index is -0.891. The average molecular weight is 637 g/mol. The summed E-state index contributed by atoms with van der Waals surface area (Å²) < 4.78 is 0. The second-order valence-corrected chi connectivity index (χ2v) is 14.0. The van der Waals surface area contributed by atoms with Crippen LogP contribution < -0.4 is 27.0 Å². The summed E-state index contributed by atoms with van der Waals surface area (Å²) in [5.41, 5.74) is 6.11. The monoisotopic (exact) mass is 636 g/mol. The van der Waals surface area contributed by atoms with Gasteiger partial charge in [0.15, 0.2) is 0 Å². The summed E-state index contributed by atoms with van der Waals surface area (Å²) in [5, 5.41) is 12.2. The van der Waals surface area contributed by atoms with Crippen LogP contribution in [0.1, 0.15) is 58.4 Å². The van der Waals surface area contributed by atoms with E-state index in [1.54, 1.807) is 0 Å². The van der Waals surface area contributed by atoms with Crippen molar-refractivity contribution >= 4 is 35.4 Å². The Kier molecular flexibility index (Phi) is 12.4. The van der Waals surface area contributed by atoms with Gasteiger partial charge in [-0.3, -0.25) is 24.1 Å². The maximum absolute atomic E-state index is 14.1. The lowest BCUT2D eigenvalue weighted by Gasteiger charge is -2.39. The van der Waals surface area contributed by atoms with Gasteiger partial charge in [-0.25, -0.2) is 0 Å². The van der Waals surface area contributed by atoms with Crippen molar-refractivity contribution in [1.29, 1.82) is 0 Å². The van der Waals surface area contributed by atoms with Crippen molar-refractivity contribution in [2.75, 3.05) is 18.8 Å². The molecule has 10 nitrogen and oxygen atoms in total. The van der Waals surface area contributed by atoms with E-state index in [0.29, 0.717) is 50.9 Å². The molecule has 6 N–H and O–H groups in total. The average Bonchev–Trinajstić information content (AvgIpc) is 3.48. The highest BCUT2D eigenvalue weighted by molar-refractivity contribution is 7.99. The molecule has 0 saturated carbocycles. The Morgan fingerprint density at radius 2 is 1.56 bits per heavy atom. The molecular formula is C34H48N6O4S. The summed E-state index contributed by atoms with van der Waals surface area (Å²) in [6.07, 6.45) is 3.23. The van der Waals surface area contributed by atoms with Gasteiger partial charge in [0.2, 0.25) is 23.6 Å². The highest BCUT2D eigenvalue weighted by Crippen LogP contribution is 2.27. The molecular weight excluding hydrogens is 588 g/mol. The van der Waals surface area contributed by atoms with Gasteiger partial charge in [0, 0.05) is 22.6 Å². The van der Waals surface area contributed by atoms with E-state index >= 15 is 0 Å².